The summed E-state index contributed by atoms with van der Waals surface area (Å²) in [6, 6.07) is 14.6. The number of nitrogens with zero attached hydrogens (tertiary/aromatic N) is 4. The summed E-state index contributed by atoms with van der Waals surface area (Å²) in [5.41, 5.74) is 9.53. The second-order valence-corrected chi connectivity index (χ2v) is 8.49. The van der Waals surface area contributed by atoms with Gasteiger partial charge in [0.2, 0.25) is 0 Å². The molecule has 1 atom stereocenters. The van der Waals surface area contributed by atoms with E-state index in [9.17, 15) is 10.4 Å². The molecule has 0 aliphatic rings. The number of aliphatic hydroxyl groups is 1. The van der Waals surface area contributed by atoms with Gasteiger partial charge in [-0.25, -0.2) is 4.98 Å². The van der Waals surface area contributed by atoms with E-state index in [1.807, 2.05) is 32.2 Å². The van der Waals surface area contributed by atoms with Crippen molar-refractivity contribution in [1.82, 2.24) is 15.0 Å². The third-order valence-corrected chi connectivity index (χ3v) is 5.71. The first kappa shape index (κ1) is 21.6. The number of aromatic nitrogens is 3. The molecule has 160 valence electrons. The number of thiazole rings is 1. The number of aliphatic hydroxyl groups excluding tert-OH is 1. The van der Waals surface area contributed by atoms with Crippen LogP contribution in [0.4, 0.5) is 0 Å². The molecule has 0 saturated heterocycles. The third kappa shape index (κ3) is 4.65. The average Bonchev–Trinajstić information content (AvgIpc) is 3.24. The van der Waals surface area contributed by atoms with Crippen LogP contribution < -0.4 is 10.5 Å². The van der Waals surface area contributed by atoms with Gasteiger partial charge in [-0.2, -0.15) is 5.26 Å². The highest BCUT2D eigenvalue weighted by Crippen LogP contribution is 2.35. The highest BCUT2D eigenvalue weighted by Gasteiger charge is 2.14. The zero-order chi connectivity index (χ0) is 22.7. The Morgan fingerprint density at radius 1 is 1.09 bits per heavy atom. The van der Waals surface area contributed by atoms with Crippen molar-refractivity contribution in [2.75, 3.05) is 6.54 Å². The largest absolute Gasteiger partial charge is 0.456 e. The maximum Gasteiger partial charge on any atom is 0.142 e. The Morgan fingerprint density at radius 3 is 2.59 bits per heavy atom. The number of benzene rings is 1. The van der Waals surface area contributed by atoms with Gasteiger partial charge in [0.1, 0.15) is 22.2 Å². The molecule has 3 N–H and O–H groups in total. The van der Waals surface area contributed by atoms with E-state index >= 15 is 0 Å². The van der Waals surface area contributed by atoms with Gasteiger partial charge in [-0.3, -0.25) is 9.97 Å². The predicted molar refractivity (Wildman–Crippen MR) is 123 cm³/mol. The molecule has 8 heteroatoms. The minimum Gasteiger partial charge on any atom is -0.456 e. The Kier molecular flexibility index (Phi) is 6.23. The van der Waals surface area contributed by atoms with E-state index in [-0.39, 0.29) is 6.54 Å². The van der Waals surface area contributed by atoms with Crippen LogP contribution in [0.25, 0.3) is 22.0 Å². The molecule has 0 fully saturated rings. The topological polar surface area (TPSA) is 118 Å². The normalized spacial score (nSPS) is 11.7. The molecule has 0 aliphatic heterocycles. The van der Waals surface area contributed by atoms with Crippen molar-refractivity contribution < 1.29 is 9.84 Å². The van der Waals surface area contributed by atoms with E-state index in [1.54, 1.807) is 47.9 Å². The number of aryl methyl sites for hydroxylation is 2. The number of nitriles is 1. The molecule has 32 heavy (non-hydrogen) atoms. The molecule has 1 aromatic carbocycles. The van der Waals surface area contributed by atoms with Crippen molar-refractivity contribution in [3.8, 4) is 39.5 Å². The van der Waals surface area contributed by atoms with Gasteiger partial charge in [0.25, 0.3) is 0 Å². The molecule has 0 aliphatic carbocycles. The minimum atomic E-state index is -0.763. The SMILES string of the molecule is Cc1cc(Oc2cc(C#N)ccc2-c2ccc([C@H](O)CN)cn2)cc(-c2ncc(C)s2)n1. The number of nitrogens with two attached hydrogens (primary N) is 1. The maximum absolute atomic E-state index is 9.92. The lowest BCUT2D eigenvalue weighted by Crippen LogP contribution is -2.11. The summed E-state index contributed by atoms with van der Waals surface area (Å²) in [6.45, 7) is 4.01. The standard InChI is InChI=1S/C24H21N5O2S/c1-14-7-18(9-21(29-14)24-28-12-15(2)32-24)31-23-8-16(10-25)3-5-19(23)20-6-4-17(13-27-20)22(30)11-26/h3-9,12-13,22,30H,11,26H2,1-2H3/t22-/m1/s1. The quantitative estimate of drug-likeness (QED) is 0.449. The van der Waals surface area contributed by atoms with Crippen molar-refractivity contribution in [2.45, 2.75) is 20.0 Å². The van der Waals surface area contributed by atoms with Crippen LogP contribution in [0.5, 0.6) is 11.5 Å². The Bertz CT molecular complexity index is 1290. The van der Waals surface area contributed by atoms with Gasteiger partial charge in [-0.1, -0.05) is 6.07 Å². The maximum atomic E-state index is 9.92. The van der Waals surface area contributed by atoms with Gasteiger partial charge in [0.15, 0.2) is 0 Å². The van der Waals surface area contributed by atoms with Crippen LogP contribution >= 0.6 is 11.3 Å². The smallest absolute Gasteiger partial charge is 0.142 e. The van der Waals surface area contributed by atoms with E-state index in [2.05, 4.69) is 21.0 Å². The van der Waals surface area contributed by atoms with Gasteiger partial charge < -0.3 is 15.6 Å². The summed E-state index contributed by atoms with van der Waals surface area (Å²) >= 11 is 1.56. The molecular weight excluding hydrogens is 422 g/mol. The third-order valence-electron chi connectivity index (χ3n) is 4.78. The molecule has 3 aromatic heterocycles. The van der Waals surface area contributed by atoms with Crippen molar-refractivity contribution in [2.24, 2.45) is 5.73 Å². The molecule has 0 saturated carbocycles. The van der Waals surface area contributed by atoms with Crippen LogP contribution in [-0.4, -0.2) is 26.6 Å². The molecule has 0 radical (unpaired) electrons. The monoisotopic (exact) mass is 443 g/mol. The first-order valence-corrected chi connectivity index (χ1v) is 10.8. The molecule has 0 spiro atoms. The highest BCUT2D eigenvalue weighted by molar-refractivity contribution is 7.14. The zero-order valence-corrected chi connectivity index (χ0v) is 18.4. The van der Waals surface area contributed by atoms with Gasteiger partial charge in [-0.05, 0) is 38.1 Å². The Balaban J connectivity index is 1.73. The Morgan fingerprint density at radius 2 is 1.94 bits per heavy atom. The van der Waals surface area contributed by atoms with E-state index in [1.165, 1.54) is 0 Å². The van der Waals surface area contributed by atoms with Crippen molar-refractivity contribution >= 4 is 11.3 Å². The summed E-state index contributed by atoms with van der Waals surface area (Å²) < 4.78 is 6.23. The number of hydrogen-bond acceptors (Lipinski definition) is 8. The van der Waals surface area contributed by atoms with Crippen LogP contribution in [0.15, 0.2) is 54.9 Å². The number of pyridine rings is 2. The highest BCUT2D eigenvalue weighted by atomic mass is 32.1. The van der Waals surface area contributed by atoms with E-state index < -0.39 is 6.10 Å². The van der Waals surface area contributed by atoms with Gasteiger partial charge >= 0.3 is 0 Å². The lowest BCUT2D eigenvalue weighted by Gasteiger charge is -2.13. The molecule has 4 rings (SSSR count). The molecule has 0 amide bonds. The first-order chi connectivity index (χ1) is 15.5. The summed E-state index contributed by atoms with van der Waals surface area (Å²) in [6.07, 6.45) is 2.64. The average molecular weight is 444 g/mol. The van der Waals surface area contributed by atoms with Crippen molar-refractivity contribution in [1.29, 1.82) is 5.26 Å². The zero-order valence-electron chi connectivity index (χ0n) is 17.6. The molecule has 4 aromatic rings. The minimum absolute atomic E-state index is 0.120. The first-order valence-electron chi connectivity index (χ1n) is 9.95. The Labute approximate surface area is 189 Å². The lowest BCUT2D eigenvalue weighted by atomic mass is 10.1. The fraction of sp³-hybridized carbons (Fsp3) is 0.167. The lowest BCUT2D eigenvalue weighted by molar-refractivity contribution is 0.186. The van der Waals surface area contributed by atoms with Gasteiger partial charge in [0, 0.05) is 52.8 Å². The summed E-state index contributed by atoms with van der Waals surface area (Å²) in [7, 11) is 0. The summed E-state index contributed by atoms with van der Waals surface area (Å²) in [4.78, 5) is 14.6. The molecule has 3 heterocycles. The molecular formula is C24H21N5O2S. The van der Waals surface area contributed by atoms with Crippen molar-refractivity contribution in [3.63, 3.8) is 0 Å². The molecule has 0 unspecified atom stereocenters. The second kappa shape index (κ2) is 9.24. The summed E-state index contributed by atoms with van der Waals surface area (Å²) in [5.74, 6) is 1.09. The number of hydrogen-bond donors (Lipinski definition) is 2. The van der Waals surface area contributed by atoms with Crippen molar-refractivity contribution in [3.05, 3.63) is 76.6 Å². The second-order valence-electron chi connectivity index (χ2n) is 7.26. The fourth-order valence-corrected chi connectivity index (χ4v) is 3.92. The Hall–Kier alpha value is -3.64. The van der Waals surface area contributed by atoms with Crippen LogP contribution in [0.1, 0.15) is 27.8 Å². The molecule has 0 bridgehead atoms. The van der Waals surface area contributed by atoms with Gasteiger partial charge in [0.05, 0.1) is 23.4 Å². The van der Waals surface area contributed by atoms with E-state index in [0.29, 0.717) is 28.3 Å². The number of rotatable bonds is 6. The summed E-state index contributed by atoms with van der Waals surface area (Å²) in [5, 5.41) is 20.1. The van der Waals surface area contributed by atoms with Crippen LogP contribution in [0.2, 0.25) is 0 Å². The predicted octanol–water partition coefficient (Wildman–Crippen LogP) is 4.54. The van der Waals surface area contributed by atoms with Crippen LogP contribution in [-0.2, 0) is 0 Å². The number of ether oxygens (including phenoxy) is 1. The molecule has 7 nitrogen and oxygen atoms in total. The van der Waals surface area contributed by atoms with Gasteiger partial charge in [-0.15, -0.1) is 11.3 Å². The van der Waals surface area contributed by atoms with E-state index in [4.69, 9.17) is 10.5 Å². The van der Waals surface area contributed by atoms with E-state index in [0.717, 1.165) is 26.8 Å². The fourth-order valence-electron chi connectivity index (χ4n) is 3.19. The van der Waals surface area contributed by atoms with Crippen LogP contribution in [0, 0.1) is 25.2 Å². The van der Waals surface area contributed by atoms with Crippen LogP contribution in [0.3, 0.4) is 0 Å².